The molecule has 0 aliphatic rings. The lowest BCUT2D eigenvalue weighted by Gasteiger charge is -2.20. The fraction of sp³-hybridized carbons (Fsp3) is 0.0500. The largest absolute Gasteiger partial charge is 0.0622 e. The minimum Gasteiger partial charge on any atom is -0.0622 e. The zero-order chi connectivity index (χ0) is 27.1. The van der Waals surface area contributed by atoms with Crippen LogP contribution in [0, 0.1) is 13.8 Å². The molecule has 190 valence electrons. The molecular formula is C40H30. The second-order valence-corrected chi connectivity index (χ2v) is 10.7. The predicted molar refractivity (Wildman–Crippen MR) is 173 cm³/mol. The number of benzene rings is 7. The highest BCUT2D eigenvalue weighted by Crippen LogP contribution is 2.46. The molecule has 0 saturated heterocycles. The Morgan fingerprint density at radius 1 is 0.275 bits per heavy atom. The Balaban J connectivity index is 1.66. The van der Waals surface area contributed by atoms with Crippen molar-refractivity contribution < 1.29 is 0 Å². The van der Waals surface area contributed by atoms with E-state index in [1.807, 2.05) is 0 Å². The van der Waals surface area contributed by atoms with Gasteiger partial charge in [0.25, 0.3) is 0 Å². The van der Waals surface area contributed by atoms with Gasteiger partial charge < -0.3 is 0 Å². The van der Waals surface area contributed by atoms with Gasteiger partial charge in [-0.1, -0.05) is 145 Å². The van der Waals surface area contributed by atoms with Crippen LogP contribution in [0.4, 0.5) is 0 Å². The Bertz CT molecular complexity index is 1850. The maximum Gasteiger partial charge on any atom is -0.00260 e. The molecule has 40 heavy (non-hydrogen) atoms. The molecule has 0 bridgehead atoms. The van der Waals surface area contributed by atoms with Crippen LogP contribution in [0.25, 0.3) is 66.1 Å². The molecule has 0 amide bonds. The van der Waals surface area contributed by atoms with Gasteiger partial charge in [-0.2, -0.15) is 0 Å². The number of fused-ring (bicyclic) bond motifs is 2. The molecule has 0 nitrogen and oxygen atoms in total. The maximum absolute atomic E-state index is 2.40. The molecule has 0 aliphatic carbocycles. The van der Waals surface area contributed by atoms with Gasteiger partial charge in [-0.15, -0.1) is 0 Å². The SMILES string of the molecule is Cc1cccc(-c2c3ccc(-c4ccccc4)cc3c(-c3cccc(C)c3)c3ccc(-c4ccccc4)cc23)c1. The molecule has 0 saturated carbocycles. The molecule has 0 aromatic heterocycles. The molecule has 0 N–H and O–H groups in total. The van der Waals surface area contributed by atoms with Gasteiger partial charge in [-0.3, -0.25) is 0 Å². The van der Waals surface area contributed by atoms with Crippen molar-refractivity contribution in [2.45, 2.75) is 13.8 Å². The van der Waals surface area contributed by atoms with E-state index in [0.717, 1.165) is 0 Å². The Kier molecular flexibility index (Phi) is 6.02. The minimum absolute atomic E-state index is 1.23. The van der Waals surface area contributed by atoms with Gasteiger partial charge in [0.2, 0.25) is 0 Å². The summed E-state index contributed by atoms with van der Waals surface area (Å²) in [4.78, 5) is 0. The van der Waals surface area contributed by atoms with Crippen molar-refractivity contribution in [2.75, 3.05) is 0 Å². The third-order valence-corrected chi connectivity index (χ3v) is 7.94. The van der Waals surface area contributed by atoms with E-state index in [1.54, 1.807) is 0 Å². The quantitative estimate of drug-likeness (QED) is 0.207. The van der Waals surface area contributed by atoms with Gasteiger partial charge in [0.15, 0.2) is 0 Å². The van der Waals surface area contributed by atoms with Crippen LogP contribution in [0.2, 0.25) is 0 Å². The van der Waals surface area contributed by atoms with Gasteiger partial charge in [0, 0.05) is 0 Å². The number of rotatable bonds is 4. The summed E-state index contributed by atoms with van der Waals surface area (Å²) >= 11 is 0. The van der Waals surface area contributed by atoms with Crippen molar-refractivity contribution in [3.63, 3.8) is 0 Å². The highest BCUT2D eigenvalue weighted by atomic mass is 14.2. The molecule has 7 aromatic rings. The standard InChI is InChI=1S/C40H30/c1-27-11-9-17-33(23-27)39-35-21-19-32(30-15-7-4-8-16-30)26-38(35)40(34-18-10-12-28(2)24-34)36-22-20-31(25-37(36)39)29-13-5-3-6-14-29/h3-26H,1-2H3. The van der Waals surface area contributed by atoms with E-state index in [2.05, 4.69) is 159 Å². The Labute approximate surface area is 236 Å². The monoisotopic (exact) mass is 510 g/mol. The summed E-state index contributed by atoms with van der Waals surface area (Å²) in [5.41, 5.74) is 12.6. The molecule has 0 unspecified atom stereocenters. The second kappa shape index (κ2) is 9.98. The van der Waals surface area contributed by atoms with E-state index in [0.29, 0.717) is 0 Å². The van der Waals surface area contributed by atoms with Crippen LogP contribution in [0.15, 0.2) is 146 Å². The van der Waals surface area contributed by atoms with Crippen LogP contribution in [0.1, 0.15) is 11.1 Å². The Morgan fingerprint density at radius 2 is 0.675 bits per heavy atom. The lowest BCUT2D eigenvalue weighted by molar-refractivity contribution is 1.47. The van der Waals surface area contributed by atoms with Crippen LogP contribution in [-0.2, 0) is 0 Å². The minimum atomic E-state index is 1.23. The smallest absolute Gasteiger partial charge is 0.00260 e. The fourth-order valence-electron chi connectivity index (χ4n) is 6.07. The summed E-state index contributed by atoms with van der Waals surface area (Å²) < 4.78 is 0. The van der Waals surface area contributed by atoms with Crippen molar-refractivity contribution in [1.82, 2.24) is 0 Å². The van der Waals surface area contributed by atoms with Crippen molar-refractivity contribution in [2.24, 2.45) is 0 Å². The zero-order valence-electron chi connectivity index (χ0n) is 22.9. The highest BCUT2D eigenvalue weighted by Gasteiger charge is 2.18. The van der Waals surface area contributed by atoms with Gasteiger partial charge in [-0.05, 0) is 92.0 Å². The van der Waals surface area contributed by atoms with Crippen LogP contribution in [0.3, 0.4) is 0 Å². The summed E-state index contributed by atoms with van der Waals surface area (Å²) in [7, 11) is 0. The molecule has 0 fully saturated rings. The predicted octanol–water partition coefficient (Wildman–Crippen LogP) is 11.3. The average molecular weight is 511 g/mol. The molecular weight excluding hydrogens is 480 g/mol. The Morgan fingerprint density at radius 3 is 1.07 bits per heavy atom. The first kappa shape index (κ1) is 24.1. The van der Waals surface area contributed by atoms with Crippen LogP contribution in [-0.4, -0.2) is 0 Å². The lowest BCUT2D eigenvalue weighted by atomic mass is 9.83. The molecule has 0 aliphatic heterocycles. The van der Waals surface area contributed by atoms with Crippen molar-refractivity contribution in [3.05, 3.63) is 157 Å². The van der Waals surface area contributed by atoms with Crippen molar-refractivity contribution in [3.8, 4) is 44.5 Å². The molecule has 0 radical (unpaired) electrons. The number of hydrogen-bond acceptors (Lipinski definition) is 0. The van der Waals surface area contributed by atoms with E-state index in [-0.39, 0.29) is 0 Å². The van der Waals surface area contributed by atoms with Crippen molar-refractivity contribution in [1.29, 1.82) is 0 Å². The average Bonchev–Trinajstić information content (AvgIpc) is 3.00. The van der Waals surface area contributed by atoms with E-state index in [1.165, 1.54) is 77.2 Å². The molecule has 7 aromatic carbocycles. The zero-order valence-corrected chi connectivity index (χ0v) is 22.9. The van der Waals surface area contributed by atoms with Gasteiger partial charge in [-0.25, -0.2) is 0 Å². The Hall–Kier alpha value is -4.94. The van der Waals surface area contributed by atoms with Gasteiger partial charge in [0.05, 0.1) is 0 Å². The van der Waals surface area contributed by atoms with Gasteiger partial charge in [0.1, 0.15) is 0 Å². The van der Waals surface area contributed by atoms with Crippen LogP contribution < -0.4 is 0 Å². The molecule has 7 rings (SSSR count). The normalized spacial score (nSPS) is 11.2. The summed E-state index contributed by atoms with van der Waals surface area (Å²) in [6, 6.07) is 53.3. The van der Waals surface area contributed by atoms with E-state index < -0.39 is 0 Å². The molecule has 0 atom stereocenters. The molecule has 0 heteroatoms. The fourth-order valence-corrected chi connectivity index (χ4v) is 6.07. The summed E-state index contributed by atoms with van der Waals surface area (Å²) in [6.07, 6.45) is 0. The molecule has 0 heterocycles. The highest BCUT2D eigenvalue weighted by molar-refractivity contribution is 6.22. The van der Waals surface area contributed by atoms with Crippen LogP contribution in [0.5, 0.6) is 0 Å². The van der Waals surface area contributed by atoms with Crippen LogP contribution >= 0.6 is 0 Å². The number of hydrogen-bond donors (Lipinski definition) is 0. The third-order valence-electron chi connectivity index (χ3n) is 7.94. The maximum atomic E-state index is 2.40. The third kappa shape index (κ3) is 4.28. The van der Waals surface area contributed by atoms with E-state index in [4.69, 9.17) is 0 Å². The summed E-state index contributed by atoms with van der Waals surface area (Å²) in [5, 5.41) is 5.12. The van der Waals surface area contributed by atoms with Crippen molar-refractivity contribution >= 4 is 21.5 Å². The first-order valence-corrected chi connectivity index (χ1v) is 13.9. The second-order valence-electron chi connectivity index (χ2n) is 10.7. The first-order chi connectivity index (χ1) is 19.7. The van der Waals surface area contributed by atoms with Gasteiger partial charge >= 0.3 is 0 Å². The number of aryl methyl sites for hydroxylation is 2. The summed E-state index contributed by atoms with van der Waals surface area (Å²) in [6.45, 7) is 4.36. The first-order valence-electron chi connectivity index (χ1n) is 13.9. The lowest BCUT2D eigenvalue weighted by Crippen LogP contribution is -1.93. The topological polar surface area (TPSA) is 0 Å². The van der Waals surface area contributed by atoms with E-state index in [9.17, 15) is 0 Å². The summed E-state index contributed by atoms with van der Waals surface area (Å²) in [5.74, 6) is 0. The molecule has 0 spiro atoms. The van der Waals surface area contributed by atoms with E-state index >= 15 is 0 Å².